The number of anilines is 2. The highest BCUT2D eigenvalue weighted by Gasteiger charge is 2.41. The molecule has 304 valence electrons. The number of imide groups is 1. The fraction of sp³-hybridized carbons (Fsp3) is 0.545. The van der Waals surface area contributed by atoms with Crippen LogP contribution in [0.2, 0.25) is 0 Å². The van der Waals surface area contributed by atoms with Crippen molar-refractivity contribution in [3.8, 4) is 17.1 Å². The van der Waals surface area contributed by atoms with Gasteiger partial charge in [-0.2, -0.15) is 5.10 Å². The van der Waals surface area contributed by atoms with Crippen LogP contribution < -0.4 is 19.9 Å². The first-order valence-corrected chi connectivity index (χ1v) is 21.5. The van der Waals surface area contributed by atoms with Crippen molar-refractivity contribution in [2.75, 3.05) is 75.2 Å². The van der Waals surface area contributed by atoms with Crippen LogP contribution in [0.1, 0.15) is 74.2 Å². The van der Waals surface area contributed by atoms with Gasteiger partial charge in [0.2, 0.25) is 11.8 Å². The van der Waals surface area contributed by atoms with E-state index in [1.165, 1.54) is 6.54 Å². The summed E-state index contributed by atoms with van der Waals surface area (Å²) in [4.78, 5) is 58.8. The molecular weight excluding hydrogens is 733 g/mol. The summed E-state index contributed by atoms with van der Waals surface area (Å²) in [7, 11) is 0. The average molecular weight is 787 g/mol. The topological polar surface area (TPSA) is 143 Å². The molecule has 0 radical (unpaired) electrons. The summed E-state index contributed by atoms with van der Waals surface area (Å²) in [5, 5.41) is 11.2. The number of H-pyrrole nitrogens is 1. The van der Waals surface area contributed by atoms with Crippen LogP contribution in [0.15, 0.2) is 48.8 Å². The number of rotatable bonds is 10. The second-order valence-electron chi connectivity index (χ2n) is 17.8. The quantitative estimate of drug-likeness (QED) is 0.220. The van der Waals surface area contributed by atoms with E-state index in [2.05, 4.69) is 70.2 Å². The van der Waals surface area contributed by atoms with Crippen LogP contribution in [0.4, 0.5) is 11.5 Å². The summed E-state index contributed by atoms with van der Waals surface area (Å²) in [6, 6.07) is 13.6. The Kier molecular flexibility index (Phi) is 9.79. The maximum atomic E-state index is 13.4. The fourth-order valence-electron chi connectivity index (χ4n) is 9.92. The van der Waals surface area contributed by atoms with Gasteiger partial charge in [0.1, 0.15) is 29.5 Å². The molecule has 0 bridgehead atoms. The summed E-state index contributed by atoms with van der Waals surface area (Å²) in [6.07, 6.45) is 9.11. The molecule has 3 amide bonds. The van der Waals surface area contributed by atoms with Gasteiger partial charge in [0.25, 0.3) is 5.91 Å². The van der Waals surface area contributed by atoms with E-state index in [1.807, 2.05) is 24.3 Å². The minimum atomic E-state index is -0.587. The van der Waals surface area contributed by atoms with Crippen LogP contribution in [0, 0.1) is 11.8 Å². The highest BCUT2D eigenvalue weighted by molar-refractivity contribution is 6.06. The molecule has 6 aliphatic rings. The standard InChI is InChI=1S/C44H54N10O4/c1-44(13-14-44)58-31-5-6-35-33(23-31)41(49-48-35)36-24-39(46-28-45-36)53-17-11-30(12-18-53)26-51-21-19-50(20-22-51)25-29-9-15-52(16-10-29)37-4-2-3-32-34(37)27-54(43(32)57)38-7-8-40(55)47-42(38)56/h2-6,23-24,28-30,38H,7-22,25-27H2,1H3,(H,48,49)(H,47,55,56). The van der Waals surface area contributed by atoms with Gasteiger partial charge >= 0.3 is 0 Å². The van der Waals surface area contributed by atoms with Crippen molar-refractivity contribution >= 4 is 40.1 Å². The minimum Gasteiger partial charge on any atom is -0.488 e. The third kappa shape index (κ3) is 7.52. The molecule has 2 aromatic carbocycles. The summed E-state index contributed by atoms with van der Waals surface area (Å²) in [5.41, 5.74) is 5.45. The number of amides is 3. The van der Waals surface area contributed by atoms with E-state index in [0.29, 0.717) is 30.4 Å². The van der Waals surface area contributed by atoms with Crippen molar-refractivity contribution in [3.05, 3.63) is 59.9 Å². The number of aromatic nitrogens is 4. The van der Waals surface area contributed by atoms with E-state index >= 15 is 0 Å². The molecule has 14 nitrogen and oxygen atoms in total. The summed E-state index contributed by atoms with van der Waals surface area (Å²) in [6.45, 7) is 13.4. The number of piperidine rings is 3. The molecule has 7 heterocycles. The summed E-state index contributed by atoms with van der Waals surface area (Å²) in [5.74, 6) is 2.49. The molecule has 4 aromatic rings. The number of nitrogens with one attached hydrogen (secondary N) is 2. The lowest BCUT2D eigenvalue weighted by molar-refractivity contribution is -0.136. The molecule has 1 saturated carbocycles. The van der Waals surface area contributed by atoms with E-state index < -0.39 is 6.04 Å². The molecule has 1 aliphatic carbocycles. The molecule has 14 heteroatoms. The molecule has 5 fully saturated rings. The Bertz CT molecular complexity index is 2200. The zero-order valence-corrected chi connectivity index (χ0v) is 33.5. The number of ether oxygens (including phenoxy) is 1. The molecule has 5 aliphatic heterocycles. The first-order chi connectivity index (χ1) is 28.2. The molecule has 1 atom stereocenters. The number of carbonyl (C=O) groups excluding carboxylic acids is 3. The van der Waals surface area contributed by atoms with E-state index in [0.717, 1.165) is 143 Å². The first-order valence-electron chi connectivity index (χ1n) is 21.5. The van der Waals surface area contributed by atoms with Crippen LogP contribution >= 0.6 is 0 Å². The van der Waals surface area contributed by atoms with Gasteiger partial charge in [-0.25, -0.2) is 9.97 Å². The van der Waals surface area contributed by atoms with Gasteiger partial charge in [0.05, 0.1) is 16.9 Å². The number of benzene rings is 2. The number of nitrogens with zero attached hydrogens (tertiary/aromatic N) is 8. The second kappa shape index (κ2) is 15.3. The third-order valence-electron chi connectivity index (χ3n) is 13.7. The molecular formula is C44H54N10O4. The van der Waals surface area contributed by atoms with Crippen molar-refractivity contribution in [2.45, 2.75) is 76.5 Å². The van der Waals surface area contributed by atoms with Gasteiger partial charge in [-0.3, -0.25) is 24.8 Å². The zero-order valence-electron chi connectivity index (χ0n) is 33.5. The fourth-order valence-corrected chi connectivity index (χ4v) is 9.92. The highest BCUT2D eigenvalue weighted by atomic mass is 16.5. The Hall–Kier alpha value is -5.08. The zero-order chi connectivity index (χ0) is 39.4. The SMILES string of the molecule is CC1(Oc2ccc3n[nH]c(-c4cc(N5CCC(CN6CCN(CC7CCN(c8cccc9c8CN(C8CCC(=O)NC8=O)C9=O)CC7)CC6)CC5)ncn4)c3c2)CC1. The van der Waals surface area contributed by atoms with Crippen LogP contribution in [0.3, 0.4) is 0 Å². The van der Waals surface area contributed by atoms with E-state index in [-0.39, 0.29) is 29.7 Å². The lowest BCUT2D eigenvalue weighted by Crippen LogP contribution is -2.52. The Morgan fingerprint density at radius 3 is 2.21 bits per heavy atom. The van der Waals surface area contributed by atoms with E-state index in [4.69, 9.17) is 4.74 Å². The third-order valence-corrected chi connectivity index (χ3v) is 13.7. The number of piperazine rings is 1. The Balaban J connectivity index is 0.671. The Morgan fingerprint density at radius 2 is 1.52 bits per heavy atom. The van der Waals surface area contributed by atoms with Gasteiger partial charge in [0.15, 0.2) is 0 Å². The number of fused-ring (bicyclic) bond motifs is 2. The minimum absolute atomic E-state index is 0.0359. The molecule has 2 N–H and O–H groups in total. The monoisotopic (exact) mass is 786 g/mol. The predicted octanol–water partition coefficient (Wildman–Crippen LogP) is 4.46. The molecule has 1 unspecified atom stereocenters. The Labute approximate surface area is 339 Å². The maximum absolute atomic E-state index is 13.4. The summed E-state index contributed by atoms with van der Waals surface area (Å²) < 4.78 is 6.24. The molecule has 10 rings (SSSR count). The molecule has 4 saturated heterocycles. The van der Waals surface area contributed by atoms with Crippen molar-refractivity contribution in [2.24, 2.45) is 11.8 Å². The number of aromatic amines is 1. The number of carbonyl (C=O) groups is 3. The van der Waals surface area contributed by atoms with E-state index in [9.17, 15) is 14.4 Å². The van der Waals surface area contributed by atoms with Crippen molar-refractivity contribution in [1.82, 2.24) is 40.2 Å². The van der Waals surface area contributed by atoms with Crippen LogP contribution in [-0.4, -0.2) is 130 Å². The molecule has 0 spiro atoms. The van der Waals surface area contributed by atoms with Crippen LogP contribution in [0.25, 0.3) is 22.3 Å². The highest BCUT2D eigenvalue weighted by Crippen LogP contribution is 2.41. The summed E-state index contributed by atoms with van der Waals surface area (Å²) >= 11 is 0. The van der Waals surface area contributed by atoms with E-state index in [1.54, 1.807) is 11.2 Å². The normalized spacial score (nSPS) is 23.4. The molecule has 2 aromatic heterocycles. The van der Waals surface area contributed by atoms with Crippen molar-refractivity contribution in [1.29, 1.82) is 0 Å². The lowest BCUT2D eigenvalue weighted by Gasteiger charge is -2.41. The van der Waals surface area contributed by atoms with Crippen LogP contribution in [-0.2, 0) is 16.1 Å². The van der Waals surface area contributed by atoms with Gasteiger partial charge in [0, 0.05) is 107 Å². The molecule has 58 heavy (non-hydrogen) atoms. The number of hydrogen-bond donors (Lipinski definition) is 2. The van der Waals surface area contributed by atoms with Gasteiger partial charge in [-0.1, -0.05) is 6.07 Å². The first kappa shape index (κ1) is 37.2. The second-order valence-corrected chi connectivity index (χ2v) is 17.8. The lowest BCUT2D eigenvalue weighted by atomic mass is 9.94. The largest absolute Gasteiger partial charge is 0.488 e. The van der Waals surface area contributed by atoms with Gasteiger partial charge in [-0.15, -0.1) is 0 Å². The van der Waals surface area contributed by atoms with Gasteiger partial charge in [-0.05, 0) is 94.0 Å². The van der Waals surface area contributed by atoms with Crippen LogP contribution in [0.5, 0.6) is 5.75 Å². The van der Waals surface area contributed by atoms with Crippen molar-refractivity contribution < 1.29 is 19.1 Å². The number of hydrogen-bond acceptors (Lipinski definition) is 11. The maximum Gasteiger partial charge on any atom is 0.255 e. The average Bonchev–Trinajstić information content (AvgIpc) is 3.65. The van der Waals surface area contributed by atoms with Gasteiger partial charge < -0.3 is 29.2 Å². The van der Waals surface area contributed by atoms with Crippen molar-refractivity contribution in [3.63, 3.8) is 0 Å². The predicted molar refractivity (Wildman–Crippen MR) is 221 cm³/mol. The smallest absolute Gasteiger partial charge is 0.255 e. The Morgan fingerprint density at radius 1 is 0.810 bits per heavy atom.